The van der Waals surface area contributed by atoms with Crippen LogP contribution in [-0.4, -0.2) is 40.5 Å². The number of hydrogen-bond donors (Lipinski definition) is 2. The fraction of sp³-hybridized carbons (Fsp3) is 0.579. The van der Waals surface area contributed by atoms with Gasteiger partial charge in [0.2, 0.25) is 0 Å². The van der Waals surface area contributed by atoms with Crippen LogP contribution in [0.25, 0.3) is 0 Å². The topological polar surface area (TPSA) is 69.6 Å². The van der Waals surface area contributed by atoms with Crippen molar-refractivity contribution in [3.05, 3.63) is 35.4 Å². The van der Waals surface area contributed by atoms with E-state index in [0.29, 0.717) is 18.0 Å². The largest absolute Gasteiger partial charge is 0.480 e. The van der Waals surface area contributed by atoms with Gasteiger partial charge in [-0.1, -0.05) is 38.8 Å². The van der Waals surface area contributed by atoms with Crippen molar-refractivity contribution in [2.24, 2.45) is 0 Å². The summed E-state index contributed by atoms with van der Waals surface area (Å²) in [6.45, 7) is 10.3. The molecule has 0 fully saturated rings. The molecule has 134 valence electrons. The molecule has 1 aromatic carbocycles. The summed E-state index contributed by atoms with van der Waals surface area (Å²) in [6, 6.07) is 7.03. The van der Waals surface area contributed by atoms with Gasteiger partial charge in [-0.05, 0) is 44.5 Å². The number of hydrogen-bond acceptors (Lipinski definition) is 3. The summed E-state index contributed by atoms with van der Waals surface area (Å²) in [6.07, 6.45) is 2.13. The fourth-order valence-corrected chi connectivity index (χ4v) is 2.56. The first-order valence-electron chi connectivity index (χ1n) is 8.75. The van der Waals surface area contributed by atoms with E-state index in [-0.39, 0.29) is 5.91 Å². The summed E-state index contributed by atoms with van der Waals surface area (Å²) in [7, 11) is 0. The lowest BCUT2D eigenvalue weighted by Crippen LogP contribution is -2.40. The highest BCUT2D eigenvalue weighted by molar-refractivity contribution is 5.96. The Morgan fingerprint density at radius 1 is 1.17 bits per heavy atom. The van der Waals surface area contributed by atoms with Gasteiger partial charge in [0, 0.05) is 18.2 Å². The van der Waals surface area contributed by atoms with E-state index >= 15 is 0 Å². The molecule has 0 aliphatic rings. The lowest BCUT2D eigenvalue weighted by Gasteiger charge is -2.24. The van der Waals surface area contributed by atoms with E-state index in [0.717, 1.165) is 31.5 Å². The van der Waals surface area contributed by atoms with Gasteiger partial charge in [0.05, 0.1) is 0 Å². The minimum Gasteiger partial charge on any atom is -0.480 e. The van der Waals surface area contributed by atoms with E-state index < -0.39 is 12.0 Å². The molecule has 1 aromatic rings. The maximum atomic E-state index is 12.2. The van der Waals surface area contributed by atoms with Gasteiger partial charge in [-0.15, -0.1) is 0 Å². The lowest BCUT2D eigenvalue weighted by atomic mass is 10.1. The molecular formula is C19H30N2O3. The normalized spacial score (nSPS) is 12.4. The van der Waals surface area contributed by atoms with Crippen molar-refractivity contribution in [2.75, 3.05) is 6.54 Å². The summed E-state index contributed by atoms with van der Waals surface area (Å²) in [5, 5.41) is 11.8. The van der Waals surface area contributed by atoms with Crippen LogP contribution in [0.1, 0.15) is 62.9 Å². The zero-order valence-electron chi connectivity index (χ0n) is 15.2. The van der Waals surface area contributed by atoms with Crippen molar-refractivity contribution in [3.63, 3.8) is 0 Å². The van der Waals surface area contributed by atoms with Crippen LogP contribution in [0.5, 0.6) is 0 Å². The Labute approximate surface area is 145 Å². The predicted octanol–water partition coefficient (Wildman–Crippen LogP) is 3.29. The number of carboxylic acid groups (broad SMARTS) is 1. The van der Waals surface area contributed by atoms with Crippen molar-refractivity contribution in [1.29, 1.82) is 0 Å². The molecule has 2 N–H and O–H groups in total. The minimum absolute atomic E-state index is 0.332. The molecule has 1 unspecified atom stereocenters. The first-order valence-corrected chi connectivity index (χ1v) is 8.75. The van der Waals surface area contributed by atoms with Crippen molar-refractivity contribution in [2.45, 2.75) is 65.6 Å². The molecule has 0 spiro atoms. The number of benzene rings is 1. The van der Waals surface area contributed by atoms with Crippen LogP contribution in [0.4, 0.5) is 0 Å². The number of carbonyl (C=O) groups is 2. The zero-order chi connectivity index (χ0) is 18.1. The van der Waals surface area contributed by atoms with Gasteiger partial charge in [0.15, 0.2) is 0 Å². The fourth-order valence-electron chi connectivity index (χ4n) is 2.56. The third-order valence-corrected chi connectivity index (χ3v) is 4.19. The van der Waals surface area contributed by atoms with Crippen LogP contribution >= 0.6 is 0 Å². The van der Waals surface area contributed by atoms with Crippen molar-refractivity contribution in [1.82, 2.24) is 10.2 Å². The van der Waals surface area contributed by atoms with Gasteiger partial charge in [-0.3, -0.25) is 9.69 Å². The second-order valence-corrected chi connectivity index (χ2v) is 6.36. The molecule has 0 saturated heterocycles. The van der Waals surface area contributed by atoms with Crippen LogP contribution in [-0.2, 0) is 11.3 Å². The van der Waals surface area contributed by atoms with E-state index in [1.165, 1.54) is 0 Å². The lowest BCUT2D eigenvalue weighted by molar-refractivity contribution is -0.139. The van der Waals surface area contributed by atoms with Gasteiger partial charge < -0.3 is 10.4 Å². The number of carboxylic acids is 1. The maximum absolute atomic E-state index is 12.2. The highest BCUT2D eigenvalue weighted by Crippen LogP contribution is 2.11. The molecule has 24 heavy (non-hydrogen) atoms. The van der Waals surface area contributed by atoms with Gasteiger partial charge in [-0.2, -0.15) is 0 Å². The second kappa shape index (κ2) is 10.1. The van der Waals surface area contributed by atoms with Gasteiger partial charge in [0.1, 0.15) is 6.04 Å². The first kappa shape index (κ1) is 20.2. The molecule has 1 atom stereocenters. The van der Waals surface area contributed by atoms with E-state index in [1.807, 2.05) is 19.1 Å². The Morgan fingerprint density at radius 3 is 2.25 bits per heavy atom. The zero-order valence-corrected chi connectivity index (χ0v) is 15.2. The highest BCUT2D eigenvalue weighted by Gasteiger charge is 2.20. The van der Waals surface area contributed by atoms with E-state index in [4.69, 9.17) is 0 Å². The highest BCUT2D eigenvalue weighted by atomic mass is 16.4. The van der Waals surface area contributed by atoms with Crippen LogP contribution in [0, 0.1) is 0 Å². The quantitative estimate of drug-likeness (QED) is 0.689. The molecule has 0 aromatic heterocycles. The number of unbranched alkanes of at least 4 members (excludes halogenated alkanes) is 1. The number of aliphatic carboxylic acids is 1. The third-order valence-electron chi connectivity index (χ3n) is 4.19. The smallest absolute Gasteiger partial charge is 0.326 e. The average molecular weight is 334 g/mol. The SMILES string of the molecule is CCCCC(NC(=O)c1ccc(CN(CC)C(C)C)cc1)C(=O)O. The van der Waals surface area contributed by atoms with E-state index in [1.54, 1.807) is 12.1 Å². The van der Waals surface area contributed by atoms with Crippen LogP contribution in [0.2, 0.25) is 0 Å². The monoisotopic (exact) mass is 334 g/mol. The van der Waals surface area contributed by atoms with Gasteiger partial charge in [-0.25, -0.2) is 4.79 Å². The first-order chi connectivity index (χ1) is 11.4. The summed E-state index contributed by atoms with van der Waals surface area (Å²) in [5.74, 6) is -1.31. The van der Waals surface area contributed by atoms with E-state index in [9.17, 15) is 14.7 Å². The molecule has 5 nitrogen and oxygen atoms in total. The van der Waals surface area contributed by atoms with Gasteiger partial charge >= 0.3 is 5.97 Å². The Kier molecular flexibility index (Phi) is 8.47. The molecule has 0 heterocycles. The molecule has 5 heteroatoms. The van der Waals surface area contributed by atoms with Crippen molar-refractivity contribution >= 4 is 11.9 Å². The molecule has 0 bridgehead atoms. The van der Waals surface area contributed by atoms with E-state index in [2.05, 4.69) is 31.0 Å². The summed E-state index contributed by atoms with van der Waals surface area (Å²) >= 11 is 0. The molecule has 0 saturated carbocycles. The Morgan fingerprint density at radius 2 is 1.79 bits per heavy atom. The predicted molar refractivity (Wildman–Crippen MR) is 96.1 cm³/mol. The van der Waals surface area contributed by atoms with Crippen LogP contribution in [0.3, 0.4) is 0 Å². The van der Waals surface area contributed by atoms with Crippen molar-refractivity contribution in [3.8, 4) is 0 Å². The number of amides is 1. The number of nitrogens with one attached hydrogen (secondary N) is 1. The number of rotatable bonds is 10. The Hall–Kier alpha value is -1.88. The Balaban J connectivity index is 2.70. The summed E-state index contributed by atoms with van der Waals surface area (Å²) in [4.78, 5) is 25.8. The molecule has 0 radical (unpaired) electrons. The standard InChI is InChI=1S/C19H30N2O3/c1-5-7-8-17(19(23)24)20-18(22)16-11-9-15(10-12-16)13-21(6-2)14(3)4/h9-12,14,17H,5-8,13H2,1-4H3,(H,20,22)(H,23,24). The molecule has 0 aliphatic heterocycles. The third kappa shape index (κ3) is 6.32. The molecular weight excluding hydrogens is 304 g/mol. The summed E-state index contributed by atoms with van der Waals surface area (Å²) < 4.78 is 0. The maximum Gasteiger partial charge on any atom is 0.326 e. The molecule has 1 rings (SSSR count). The van der Waals surface area contributed by atoms with Crippen molar-refractivity contribution < 1.29 is 14.7 Å². The Bertz CT molecular complexity index is 526. The number of nitrogens with zero attached hydrogens (tertiary/aromatic N) is 1. The van der Waals surface area contributed by atoms with Crippen LogP contribution in [0.15, 0.2) is 24.3 Å². The minimum atomic E-state index is -0.982. The molecule has 1 amide bonds. The average Bonchev–Trinajstić information content (AvgIpc) is 2.56. The van der Waals surface area contributed by atoms with Gasteiger partial charge in [0.25, 0.3) is 5.91 Å². The molecule has 0 aliphatic carbocycles. The number of carbonyl (C=O) groups excluding carboxylic acids is 1. The second-order valence-electron chi connectivity index (χ2n) is 6.36. The summed E-state index contributed by atoms with van der Waals surface area (Å²) in [5.41, 5.74) is 1.64. The van der Waals surface area contributed by atoms with Crippen LogP contribution < -0.4 is 5.32 Å².